The number of carbonyl (C=O) groups excluding carboxylic acids is 1. The van der Waals surface area contributed by atoms with E-state index in [-0.39, 0.29) is 6.61 Å². The van der Waals surface area contributed by atoms with Gasteiger partial charge in [0.25, 0.3) is 0 Å². The topological polar surface area (TPSA) is 64.3 Å². The average Bonchev–Trinajstić information content (AvgIpc) is 2.32. The molecule has 0 atom stereocenters. The van der Waals surface area contributed by atoms with Crippen LogP contribution in [0.25, 0.3) is 0 Å². The molecule has 0 unspecified atom stereocenters. The molecular weight excluding hydrogens is 240 g/mol. The molecule has 1 aliphatic carbocycles. The van der Waals surface area contributed by atoms with E-state index in [4.69, 9.17) is 10.5 Å². The summed E-state index contributed by atoms with van der Waals surface area (Å²) in [6.45, 7) is 3.44. The van der Waals surface area contributed by atoms with E-state index in [9.17, 15) is 4.79 Å². The number of hydrogen-bond donors (Lipinski definition) is 2. The zero-order chi connectivity index (χ0) is 13.7. The van der Waals surface area contributed by atoms with Crippen LogP contribution < -0.4 is 11.1 Å². The van der Waals surface area contributed by atoms with Gasteiger partial charge in [0.15, 0.2) is 0 Å². The molecule has 0 heterocycles. The Labute approximate surface area is 114 Å². The van der Waals surface area contributed by atoms with Crippen molar-refractivity contribution < 1.29 is 9.53 Å². The fourth-order valence-corrected chi connectivity index (χ4v) is 2.40. The molecule has 0 bridgehead atoms. The normalized spacial score (nSPS) is 21.9. The summed E-state index contributed by atoms with van der Waals surface area (Å²) < 4.78 is 5.10. The maximum absolute atomic E-state index is 10.5. The van der Waals surface area contributed by atoms with Gasteiger partial charge < -0.3 is 15.8 Å². The van der Waals surface area contributed by atoms with E-state index in [0.717, 1.165) is 6.54 Å². The molecule has 104 valence electrons. The number of nitrogens with two attached hydrogens (primary N) is 1. The van der Waals surface area contributed by atoms with E-state index in [1.54, 1.807) is 0 Å². The van der Waals surface area contributed by atoms with Crippen molar-refractivity contribution in [2.45, 2.75) is 31.7 Å². The van der Waals surface area contributed by atoms with Crippen molar-refractivity contribution in [2.24, 2.45) is 5.73 Å². The maximum atomic E-state index is 10.5. The third-order valence-electron chi connectivity index (χ3n) is 3.61. The number of nitrogens with one attached hydrogen (secondary N) is 1. The highest BCUT2D eigenvalue weighted by Gasteiger charge is 2.29. The molecule has 4 nitrogen and oxygen atoms in total. The Hall–Kier alpha value is -1.39. The highest BCUT2D eigenvalue weighted by molar-refractivity contribution is 5.74. The van der Waals surface area contributed by atoms with E-state index in [1.807, 2.05) is 0 Å². The lowest BCUT2D eigenvalue weighted by atomic mass is 9.76. The Morgan fingerprint density at radius 1 is 1.37 bits per heavy atom. The molecule has 0 spiro atoms. The van der Waals surface area contributed by atoms with Crippen LogP contribution in [0.3, 0.4) is 0 Å². The number of ether oxygens (including phenoxy) is 1. The van der Waals surface area contributed by atoms with Gasteiger partial charge in [0.05, 0.1) is 6.61 Å². The Balaban J connectivity index is 1.59. The van der Waals surface area contributed by atoms with Crippen LogP contribution in [0.5, 0.6) is 0 Å². The summed E-state index contributed by atoms with van der Waals surface area (Å²) >= 11 is 0. The molecule has 1 aromatic carbocycles. The lowest BCUT2D eigenvalue weighted by Gasteiger charge is -2.36. The number of aryl methyl sites for hydroxylation is 1. The summed E-state index contributed by atoms with van der Waals surface area (Å²) in [6, 6.07) is 9.38. The molecule has 1 fully saturated rings. The monoisotopic (exact) mass is 262 g/mol. The van der Waals surface area contributed by atoms with Crippen molar-refractivity contribution in [2.75, 3.05) is 19.8 Å². The van der Waals surface area contributed by atoms with Gasteiger partial charge in [-0.2, -0.15) is 0 Å². The van der Waals surface area contributed by atoms with Gasteiger partial charge in [-0.05, 0) is 31.2 Å². The molecule has 1 amide bonds. The van der Waals surface area contributed by atoms with E-state index < -0.39 is 5.91 Å². The van der Waals surface area contributed by atoms with Gasteiger partial charge in [0.2, 0.25) is 5.91 Å². The lowest BCUT2D eigenvalue weighted by Crippen LogP contribution is -2.41. The number of benzene rings is 1. The standard InChI is InChI=1S/C15H22N2O2/c1-11-2-4-12(5-3-11)13-8-14(9-13)17-6-7-19-10-15(16)18/h2-5,13-14,17H,6-10H2,1H3,(H2,16,18). The summed E-state index contributed by atoms with van der Waals surface area (Å²) in [6.07, 6.45) is 2.36. The van der Waals surface area contributed by atoms with Crippen LogP contribution >= 0.6 is 0 Å². The maximum Gasteiger partial charge on any atom is 0.243 e. The third-order valence-corrected chi connectivity index (χ3v) is 3.61. The van der Waals surface area contributed by atoms with Crippen LogP contribution in [0.4, 0.5) is 0 Å². The number of amides is 1. The van der Waals surface area contributed by atoms with Gasteiger partial charge in [0.1, 0.15) is 6.61 Å². The number of hydrogen-bond acceptors (Lipinski definition) is 3. The number of carbonyl (C=O) groups is 1. The molecule has 0 aromatic heterocycles. The molecule has 2 rings (SSSR count). The van der Waals surface area contributed by atoms with Crippen LogP contribution in [0.1, 0.15) is 29.9 Å². The van der Waals surface area contributed by atoms with Gasteiger partial charge >= 0.3 is 0 Å². The Kier molecular flexibility index (Phi) is 4.93. The van der Waals surface area contributed by atoms with Gasteiger partial charge in [-0.25, -0.2) is 0 Å². The molecule has 19 heavy (non-hydrogen) atoms. The molecule has 0 aliphatic heterocycles. The van der Waals surface area contributed by atoms with Crippen molar-refractivity contribution in [1.82, 2.24) is 5.32 Å². The average molecular weight is 262 g/mol. The minimum Gasteiger partial charge on any atom is -0.370 e. The predicted molar refractivity (Wildman–Crippen MR) is 75.0 cm³/mol. The van der Waals surface area contributed by atoms with Crippen molar-refractivity contribution >= 4 is 5.91 Å². The van der Waals surface area contributed by atoms with Crippen LogP contribution in [-0.2, 0) is 9.53 Å². The molecule has 1 aromatic rings. The van der Waals surface area contributed by atoms with Gasteiger partial charge in [-0.3, -0.25) is 4.79 Å². The zero-order valence-electron chi connectivity index (χ0n) is 11.4. The predicted octanol–water partition coefficient (Wildman–Crippen LogP) is 1.33. The van der Waals surface area contributed by atoms with E-state index in [0.29, 0.717) is 18.6 Å². The minimum absolute atomic E-state index is 0.0122. The minimum atomic E-state index is -0.414. The quantitative estimate of drug-likeness (QED) is 0.729. The smallest absolute Gasteiger partial charge is 0.243 e. The highest BCUT2D eigenvalue weighted by Crippen LogP contribution is 2.36. The Morgan fingerprint density at radius 3 is 2.68 bits per heavy atom. The lowest BCUT2D eigenvalue weighted by molar-refractivity contribution is -0.122. The van der Waals surface area contributed by atoms with Crippen LogP contribution in [-0.4, -0.2) is 31.7 Å². The van der Waals surface area contributed by atoms with E-state index in [1.165, 1.54) is 24.0 Å². The molecular formula is C15H22N2O2. The van der Waals surface area contributed by atoms with Gasteiger partial charge in [0, 0.05) is 12.6 Å². The fraction of sp³-hybridized carbons (Fsp3) is 0.533. The summed E-state index contributed by atoms with van der Waals surface area (Å²) in [5.41, 5.74) is 7.73. The second-order valence-corrected chi connectivity index (χ2v) is 5.25. The SMILES string of the molecule is Cc1ccc(C2CC(NCCOCC(N)=O)C2)cc1. The molecule has 4 heteroatoms. The highest BCUT2D eigenvalue weighted by atomic mass is 16.5. The number of rotatable bonds is 7. The first-order valence-electron chi connectivity index (χ1n) is 6.81. The largest absolute Gasteiger partial charge is 0.370 e. The summed E-state index contributed by atoms with van der Waals surface area (Å²) in [5.74, 6) is 0.271. The first-order chi connectivity index (χ1) is 9.15. The van der Waals surface area contributed by atoms with E-state index >= 15 is 0 Å². The third kappa shape index (κ3) is 4.33. The summed E-state index contributed by atoms with van der Waals surface area (Å²) in [5, 5.41) is 3.43. The molecule has 0 saturated heterocycles. The van der Waals surface area contributed by atoms with Crippen LogP contribution in [0, 0.1) is 6.92 Å². The Bertz CT molecular complexity index is 411. The van der Waals surface area contributed by atoms with Gasteiger partial charge in [-0.1, -0.05) is 29.8 Å². The molecule has 0 radical (unpaired) electrons. The summed E-state index contributed by atoms with van der Waals surface area (Å²) in [7, 11) is 0. The van der Waals surface area contributed by atoms with Gasteiger partial charge in [-0.15, -0.1) is 0 Å². The zero-order valence-corrected chi connectivity index (χ0v) is 11.4. The fourth-order valence-electron chi connectivity index (χ4n) is 2.40. The summed E-state index contributed by atoms with van der Waals surface area (Å²) in [4.78, 5) is 10.5. The van der Waals surface area contributed by atoms with Crippen molar-refractivity contribution in [1.29, 1.82) is 0 Å². The number of primary amides is 1. The second-order valence-electron chi connectivity index (χ2n) is 5.25. The van der Waals surface area contributed by atoms with Crippen LogP contribution in [0.2, 0.25) is 0 Å². The molecule has 3 N–H and O–H groups in total. The van der Waals surface area contributed by atoms with E-state index in [2.05, 4.69) is 36.5 Å². The first-order valence-corrected chi connectivity index (χ1v) is 6.81. The van der Waals surface area contributed by atoms with Crippen molar-refractivity contribution in [3.8, 4) is 0 Å². The molecule has 1 saturated carbocycles. The second kappa shape index (κ2) is 6.68. The first kappa shape index (κ1) is 14.0. The molecule has 1 aliphatic rings. The van der Waals surface area contributed by atoms with Crippen molar-refractivity contribution in [3.05, 3.63) is 35.4 Å². The van der Waals surface area contributed by atoms with Crippen molar-refractivity contribution in [3.63, 3.8) is 0 Å². The van der Waals surface area contributed by atoms with Crippen LogP contribution in [0.15, 0.2) is 24.3 Å². The Morgan fingerprint density at radius 2 is 2.05 bits per heavy atom.